The molecule has 1 aromatic carbocycles. The first-order chi connectivity index (χ1) is 31.8. The molecule has 386 valence electrons. The van der Waals surface area contributed by atoms with Gasteiger partial charge >= 0.3 is 24.0 Å². The highest BCUT2D eigenvalue weighted by Gasteiger charge is 2.47. The first-order valence-corrected chi connectivity index (χ1v) is 23.3. The largest absolute Gasteiger partial charge is 0.469 e. The highest BCUT2D eigenvalue weighted by atomic mass is 19.1. The summed E-state index contributed by atoms with van der Waals surface area (Å²) in [4.78, 5) is 111. The lowest BCUT2D eigenvalue weighted by Gasteiger charge is -2.42. The lowest BCUT2D eigenvalue weighted by Crippen LogP contribution is -2.63. The number of carbonyl (C=O) groups excluding carboxylic acids is 8. The highest BCUT2D eigenvalue weighted by Crippen LogP contribution is 2.37. The number of ether oxygens (including phenoxy) is 4. The van der Waals surface area contributed by atoms with E-state index in [0.717, 1.165) is 0 Å². The third-order valence-electron chi connectivity index (χ3n) is 11.6. The van der Waals surface area contributed by atoms with Crippen molar-refractivity contribution < 1.29 is 61.7 Å². The number of hydrogen-bond acceptors (Lipinski definition) is 12. The summed E-state index contributed by atoms with van der Waals surface area (Å²) in [6.45, 7) is 22.5. The highest BCUT2D eigenvalue weighted by molar-refractivity contribution is 5.98. The molecule has 19 heteroatoms. The molecule has 0 fully saturated rings. The minimum absolute atomic E-state index is 0.00588. The molecule has 69 heavy (non-hydrogen) atoms. The maximum Gasteiger partial charge on any atom is 0.410 e. The number of nitrogens with zero attached hydrogens (tertiary/aromatic N) is 3. The molecule has 0 aliphatic rings. The first kappa shape index (κ1) is 59.1. The Morgan fingerprint density at radius 1 is 0.797 bits per heavy atom. The van der Waals surface area contributed by atoms with Crippen LogP contribution in [0.25, 0.3) is 10.9 Å². The van der Waals surface area contributed by atoms with Crippen LogP contribution in [0.2, 0.25) is 0 Å². The molecule has 18 nitrogen and oxygen atoms in total. The van der Waals surface area contributed by atoms with E-state index in [0.29, 0.717) is 16.5 Å². The van der Waals surface area contributed by atoms with Gasteiger partial charge in [-0.25, -0.2) is 14.0 Å². The summed E-state index contributed by atoms with van der Waals surface area (Å²) in [5.74, 6) is -5.53. The molecule has 3 N–H and O–H groups in total. The molecule has 2 aromatic rings. The monoisotopic (exact) mass is 973 g/mol. The van der Waals surface area contributed by atoms with Gasteiger partial charge < -0.3 is 44.4 Å². The molecule has 1 aromatic heterocycles. The smallest absolute Gasteiger partial charge is 0.410 e. The van der Waals surface area contributed by atoms with E-state index in [-0.39, 0.29) is 50.4 Å². The van der Waals surface area contributed by atoms with Gasteiger partial charge in [-0.05, 0) is 89.5 Å². The molecular formula is C50H77FN6O12. The van der Waals surface area contributed by atoms with Gasteiger partial charge in [0.1, 0.15) is 35.6 Å². The van der Waals surface area contributed by atoms with Gasteiger partial charge in [0.05, 0.1) is 31.9 Å². The number of rotatable bonds is 22. The van der Waals surface area contributed by atoms with Crippen molar-refractivity contribution in [3.8, 4) is 0 Å². The molecule has 1 heterocycles. The minimum Gasteiger partial charge on any atom is -0.469 e. The molecule has 0 saturated carbocycles. The summed E-state index contributed by atoms with van der Waals surface area (Å²) in [6.07, 6.45) is 1.70. The maximum absolute atomic E-state index is 15.0. The van der Waals surface area contributed by atoms with Crippen LogP contribution in [0.3, 0.4) is 0 Å². The average Bonchev–Trinajstić information content (AvgIpc) is 3.58. The molecule has 0 radical (unpaired) electrons. The van der Waals surface area contributed by atoms with Gasteiger partial charge in [0.2, 0.25) is 23.6 Å². The molecule has 5 atom stereocenters. The van der Waals surface area contributed by atoms with E-state index in [1.807, 2.05) is 13.8 Å². The predicted octanol–water partition coefficient (Wildman–Crippen LogP) is 5.62. The van der Waals surface area contributed by atoms with E-state index < -0.39 is 100 Å². The van der Waals surface area contributed by atoms with Crippen LogP contribution in [0.15, 0.2) is 36.0 Å². The molecule has 0 bridgehead atoms. The van der Waals surface area contributed by atoms with E-state index in [4.69, 9.17) is 18.9 Å². The zero-order valence-corrected chi connectivity index (χ0v) is 43.7. The number of esters is 3. The van der Waals surface area contributed by atoms with Gasteiger partial charge in [-0.1, -0.05) is 54.5 Å². The van der Waals surface area contributed by atoms with Crippen molar-refractivity contribution in [2.45, 2.75) is 157 Å². The fraction of sp³-hybridized carbons (Fsp3) is 0.640. The van der Waals surface area contributed by atoms with Crippen LogP contribution in [0.1, 0.15) is 121 Å². The molecule has 0 spiro atoms. The second-order valence-electron chi connectivity index (χ2n) is 20.2. The van der Waals surface area contributed by atoms with Crippen molar-refractivity contribution in [1.82, 2.24) is 30.3 Å². The van der Waals surface area contributed by atoms with E-state index in [1.54, 1.807) is 106 Å². The summed E-state index contributed by atoms with van der Waals surface area (Å²) in [5, 5.41) is 8.82. The number of aryl methyl sites for hydroxylation is 1. The van der Waals surface area contributed by atoms with Gasteiger partial charge in [-0.2, -0.15) is 0 Å². The van der Waals surface area contributed by atoms with Crippen molar-refractivity contribution in [3.63, 3.8) is 0 Å². The zero-order valence-electron chi connectivity index (χ0n) is 43.7. The van der Waals surface area contributed by atoms with Gasteiger partial charge in [0, 0.05) is 56.6 Å². The number of methoxy groups -OCH3 is 1. The lowest BCUT2D eigenvalue weighted by atomic mass is 9.76. The Kier molecular flexibility index (Phi) is 21.4. The second kappa shape index (κ2) is 25.0. The van der Waals surface area contributed by atoms with Gasteiger partial charge in [0.15, 0.2) is 0 Å². The van der Waals surface area contributed by atoms with Crippen molar-refractivity contribution in [1.29, 1.82) is 0 Å². The van der Waals surface area contributed by atoms with Gasteiger partial charge in [-0.3, -0.25) is 33.7 Å². The van der Waals surface area contributed by atoms with Crippen molar-refractivity contribution in [2.75, 3.05) is 34.4 Å². The van der Waals surface area contributed by atoms with E-state index in [9.17, 15) is 42.7 Å². The Morgan fingerprint density at radius 3 is 1.91 bits per heavy atom. The SMILES string of the molecule is CCOC(=O)CC[C@@H](NC(=O)[C@@H](CCC(=O)OC)NC(=O)/C(C)=C/[C@H](C(C)C)N(C)C(=O)C(NC(=O)[C@@H](N(C)C(=O)OC(C)(C)C)C(C)(C)c1cn(C)c2cc(F)ccc12)C(C)(C)C)C(=O)OCC. The summed E-state index contributed by atoms with van der Waals surface area (Å²) < 4.78 is 36.7. The number of halogens is 1. The fourth-order valence-corrected chi connectivity index (χ4v) is 7.91. The van der Waals surface area contributed by atoms with Crippen molar-refractivity contribution in [3.05, 3.63) is 47.4 Å². The summed E-state index contributed by atoms with van der Waals surface area (Å²) in [6, 6.07) is -1.51. The molecule has 5 amide bonds. The minimum atomic E-state index is -1.36. The van der Waals surface area contributed by atoms with Crippen LogP contribution in [0.5, 0.6) is 0 Å². The topological polar surface area (TPSA) is 221 Å². The number of carbonyl (C=O) groups is 8. The summed E-state index contributed by atoms with van der Waals surface area (Å²) in [7, 11) is 5.92. The molecule has 1 unspecified atom stereocenters. The van der Waals surface area contributed by atoms with E-state index >= 15 is 0 Å². The third kappa shape index (κ3) is 16.6. The Bertz CT molecular complexity index is 2200. The molecule has 0 aliphatic heterocycles. The number of fused-ring (bicyclic) bond motifs is 1. The quantitative estimate of drug-likeness (QED) is 0.0744. The number of nitrogens with one attached hydrogen (secondary N) is 3. The van der Waals surface area contributed by atoms with Crippen LogP contribution in [-0.4, -0.2) is 132 Å². The third-order valence-corrected chi connectivity index (χ3v) is 11.6. The van der Waals surface area contributed by atoms with Crippen LogP contribution < -0.4 is 16.0 Å². The molecule has 2 rings (SSSR count). The lowest BCUT2D eigenvalue weighted by molar-refractivity contribution is -0.149. The Hall–Kier alpha value is -6.01. The summed E-state index contributed by atoms with van der Waals surface area (Å²) in [5.41, 5.74) is -1.67. The second-order valence-corrected chi connectivity index (χ2v) is 20.2. The van der Waals surface area contributed by atoms with Crippen molar-refractivity contribution in [2.24, 2.45) is 18.4 Å². The number of likely N-dealkylation sites (N-methyl/N-ethyl adjacent to an activating group) is 2. The van der Waals surface area contributed by atoms with Crippen molar-refractivity contribution >= 4 is 58.5 Å². The van der Waals surface area contributed by atoms with Gasteiger partial charge in [-0.15, -0.1) is 0 Å². The molecule has 0 aliphatic carbocycles. The maximum atomic E-state index is 15.0. The standard InChI is InChI=1S/C50H77FN6O12/c1-18-67-39(59)25-23-35(46(64)68-19-2)53-43(61)34(22-24-38(58)66-17)52-42(60)30(5)26-36(29(3)4)56(15)45(63)40(48(6,7)8)54-44(62)41(57(16)47(65)69-49(9,10)11)50(12,13)33-28-55(14)37-27-31(51)20-21-32(33)37/h20-21,26-29,34-36,40-41H,18-19,22-25H2,1-17H3,(H,52,60)(H,53,61)(H,54,62)/b30-26+/t34-,35-,36-,40?,41-/m1/s1. The zero-order chi connectivity index (χ0) is 52.9. The summed E-state index contributed by atoms with van der Waals surface area (Å²) >= 11 is 0. The Balaban J connectivity index is 2.57. The molecular weight excluding hydrogens is 896 g/mol. The number of amides is 5. The van der Waals surface area contributed by atoms with Crippen LogP contribution >= 0.6 is 0 Å². The number of benzene rings is 1. The number of aromatic nitrogens is 1. The Labute approximate surface area is 406 Å². The Morgan fingerprint density at radius 2 is 1.38 bits per heavy atom. The van der Waals surface area contributed by atoms with Crippen LogP contribution in [-0.2, 0) is 65.0 Å². The van der Waals surface area contributed by atoms with E-state index in [2.05, 4.69) is 16.0 Å². The average molecular weight is 973 g/mol. The fourth-order valence-electron chi connectivity index (χ4n) is 7.91. The number of hydrogen-bond donors (Lipinski definition) is 3. The predicted molar refractivity (Wildman–Crippen MR) is 258 cm³/mol. The van der Waals surface area contributed by atoms with Crippen LogP contribution in [0, 0.1) is 17.2 Å². The first-order valence-electron chi connectivity index (χ1n) is 23.3. The van der Waals surface area contributed by atoms with E-state index in [1.165, 1.54) is 43.0 Å². The van der Waals surface area contributed by atoms with Gasteiger partial charge in [0.25, 0.3) is 0 Å². The normalized spacial score (nSPS) is 14.4. The van der Waals surface area contributed by atoms with Crippen LogP contribution in [0.4, 0.5) is 9.18 Å². The molecule has 0 saturated heterocycles.